The molecule has 0 aromatic heterocycles. The number of hydrogen-bond acceptors (Lipinski definition) is 1. The van der Waals surface area contributed by atoms with Gasteiger partial charge in [0.25, 0.3) is 5.91 Å². The zero-order chi connectivity index (χ0) is 21.2. The van der Waals surface area contributed by atoms with Crippen LogP contribution in [0.2, 0.25) is 0 Å². The van der Waals surface area contributed by atoms with Crippen LogP contribution in [0.3, 0.4) is 0 Å². The molecule has 0 atom stereocenters. The van der Waals surface area contributed by atoms with Gasteiger partial charge in [-0.15, -0.1) is 0 Å². The highest BCUT2D eigenvalue weighted by Crippen LogP contribution is 2.43. The predicted octanol–water partition coefficient (Wildman–Crippen LogP) is 4.73. The van der Waals surface area contributed by atoms with Crippen LogP contribution in [0.15, 0.2) is 109 Å². The number of primary amides is 1. The molecule has 3 heteroatoms. The SMILES string of the molecule is NC(=O)c1ccccc1[NH2+]C(=C=C1c2ccccc2-c2ccccc21)c1ccccc1. The maximum atomic E-state index is 12.0. The lowest BCUT2D eigenvalue weighted by Crippen LogP contribution is -2.75. The normalized spacial score (nSPS) is 11.4. The molecule has 3 nitrogen and oxygen atoms in total. The minimum Gasteiger partial charge on any atom is -0.365 e. The van der Waals surface area contributed by atoms with Crippen molar-refractivity contribution in [1.29, 1.82) is 0 Å². The van der Waals surface area contributed by atoms with Crippen LogP contribution in [0, 0.1) is 0 Å². The van der Waals surface area contributed by atoms with E-state index in [2.05, 4.69) is 66.4 Å². The van der Waals surface area contributed by atoms with E-state index in [0.717, 1.165) is 33.6 Å². The maximum absolute atomic E-state index is 12.0. The summed E-state index contributed by atoms with van der Waals surface area (Å²) >= 11 is 0. The summed E-state index contributed by atoms with van der Waals surface area (Å²) in [5, 5.41) is 1.99. The number of benzene rings is 4. The van der Waals surface area contributed by atoms with Crippen molar-refractivity contribution in [2.45, 2.75) is 0 Å². The molecule has 0 fully saturated rings. The van der Waals surface area contributed by atoms with Crippen LogP contribution in [-0.4, -0.2) is 5.91 Å². The smallest absolute Gasteiger partial charge is 0.254 e. The van der Waals surface area contributed by atoms with Gasteiger partial charge in [-0.1, -0.05) is 78.9 Å². The lowest BCUT2D eigenvalue weighted by molar-refractivity contribution is -0.469. The molecule has 0 unspecified atom stereocenters. The number of quaternary nitrogens is 1. The second kappa shape index (κ2) is 7.92. The van der Waals surface area contributed by atoms with Crippen LogP contribution >= 0.6 is 0 Å². The van der Waals surface area contributed by atoms with E-state index < -0.39 is 5.91 Å². The van der Waals surface area contributed by atoms with Crippen molar-refractivity contribution in [3.05, 3.63) is 131 Å². The van der Waals surface area contributed by atoms with Crippen LogP contribution in [-0.2, 0) is 0 Å². The van der Waals surface area contributed by atoms with E-state index in [9.17, 15) is 4.79 Å². The Labute approximate surface area is 181 Å². The standard InChI is InChI=1S/C28H20N2O/c29-28(31)24-16-8-9-17-26(24)30-27(19-10-2-1-3-11-19)18-25-22-14-6-4-12-20(22)21-13-5-7-15-23(21)25/h1-17,30H,(H2,29,31)/p+1. The molecule has 148 valence electrons. The second-order valence-electron chi connectivity index (χ2n) is 7.47. The minimum atomic E-state index is -0.441. The van der Waals surface area contributed by atoms with Gasteiger partial charge >= 0.3 is 0 Å². The van der Waals surface area contributed by atoms with Gasteiger partial charge in [-0.25, -0.2) is 0 Å². The van der Waals surface area contributed by atoms with Gasteiger partial charge in [0.2, 0.25) is 0 Å². The number of rotatable bonds is 4. The van der Waals surface area contributed by atoms with Crippen LogP contribution in [0.4, 0.5) is 5.69 Å². The summed E-state index contributed by atoms with van der Waals surface area (Å²) in [5.41, 5.74) is 18.3. The van der Waals surface area contributed by atoms with E-state index in [-0.39, 0.29) is 0 Å². The predicted molar refractivity (Wildman–Crippen MR) is 124 cm³/mol. The number of carbonyl (C=O) groups excluding carboxylic acids is 1. The molecule has 31 heavy (non-hydrogen) atoms. The molecule has 4 N–H and O–H groups in total. The average molecular weight is 401 g/mol. The molecule has 0 heterocycles. The van der Waals surface area contributed by atoms with Crippen LogP contribution in [0.5, 0.6) is 0 Å². The molecule has 0 radical (unpaired) electrons. The Bertz CT molecular complexity index is 1320. The Morgan fingerprint density at radius 1 is 0.645 bits per heavy atom. The number of nitrogens with two attached hydrogens (primary N) is 2. The Morgan fingerprint density at radius 3 is 1.77 bits per heavy atom. The Balaban J connectivity index is 1.77. The molecule has 1 amide bonds. The van der Waals surface area contributed by atoms with Crippen molar-refractivity contribution in [3.8, 4) is 11.1 Å². The van der Waals surface area contributed by atoms with Gasteiger partial charge in [0.1, 0.15) is 11.3 Å². The topological polar surface area (TPSA) is 59.7 Å². The fourth-order valence-corrected chi connectivity index (χ4v) is 4.10. The third-order valence-electron chi connectivity index (χ3n) is 5.55. The third kappa shape index (κ3) is 3.49. The van der Waals surface area contributed by atoms with Gasteiger partial charge in [0.05, 0.1) is 0 Å². The second-order valence-corrected chi connectivity index (χ2v) is 7.47. The van der Waals surface area contributed by atoms with Gasteiger partial charge in [-0.3, -0.25) is 10.1 Å². The average Bonchev–Trinajstić information content (AvgIpc) is 3.13. The molecular weight excluding hydrogens is 380 g/mol. The van der Waals surface area contributed by atoms with E-state index in [1.54, 1.807) is 6.07 Å². The number of fused-ring (bicyclic) bond motifs is 3. The zero-order valence-corrected chi connectivity index (χ0v) is 16.9. The number of carbonyl (C=O) groups is 1. The van der Waals surface area contributed by atoms with E-state index in [4.69, 9.17) is 5.73 Å². The minimum absolute atomic E-state index is 0.441. The van der Waals surface area contributed by atoms with Crippen molar-refractivity contribution in [2.24, 2.45) is 5.73 Å². The van der Waals surface area contributed by atoms with Crippen LogP contribution in [0.25, 0.3) is 22.4 Å². The molecular formula is C28H21N2O+. The molecule has 0 saturated heterocycles. The first-order valence-corrected chi connectivity index (χ1v) is 10.2. The molecule has 0 bridgehead atoms. The van der Waals surface area contributed by atoms with Crippen molar-refractivity contribution < 1.29 is 10.1 Å². The zero-order valence-electron chi connectivity index (χ0n) is 16.9. The van der Waals surface area contributed by atoms with E-state index in [1.807, 2.05) is 41.7 Å². The Hall–Kier alpha value is -4.17. The van der Waals surface area contributed by atoms with E-state index >= 15 is 0 Å². The number of hydrogen-bond donors (Lipinski definition) is 2. The summed E-state index contributed by atoms with van der Waals surface area (Å²) in [7, 11) is 0. The van der Waals surface area contributed by atoms with Crippen molar-refractivity contribution in [3.63, 3.8) is 0 Å². The highest BCUT2D eigenvalue weighted by atomic mass is 16.1. The van der Waals surface area contributed by atoms with Crippen LogP contribution in [0.1, 0.15) is 27.0 Å². The molecule has 1 aliphatic rings. The monoisotopic (exact) mass is 401 g/mol. The molecule has 4 aromatic carbocycles. The van der Waals surface area contributed by atoms with Gasteiger partial charge in [-0.05, 0) is 46.2 Å². The van der Waals surface area contributed by atoms with Crippen molar-refractivity contribution in [2.75, 3.05) is 0 Å². The molecule has 5 rings (SSSR count). The summed E-state index contributed by atoms with van der Waals surface area (Å²) in [5.74, 6) is -0.441. The fourth-order valence-electron chi connectivity index (χ4n) is 4.10. The van der Waals surface area contributed by atoms with Gasteiger partial charge in [0, 0.05) is 17.2 Å². The lowest BCUT2D eigenvalue weighted by Gasteiger charge is -2.07. The summed E-state index contributed by atoms with van der Waals surface area (Å²) in [6, 6.07) is 34.3. The van der Waals surface area contributed by atoms with E-state index in [0.29, 0.717) is 5.56 Å². The molecule has 0 saturated carbocycles. The summed E-state index contributed by atoms with van der Waals surface area (Å²) in [4.78, 5) is 12.0. The molecule has 1 aliphatic carbocycles. The van der Waals surface area contributed by atoms with Crippen molar-refractivity contribution >= 4 is 22.9 Å². The third-order valence-corrected chi connectivity index (χ3v) is 5.55. The first kappa shape index (κ1) is 18.8. The van der Waals surface area contributed by atoms with E-state index in [1.165, 1.54) is 11.1 Å². The largest absolute Gasteiger partial charge is 0.365 e. The summed E-state index contributed by atoms with van der Waals surface area (Å²) < 4.78 is 0. The van der Waals surface area contributed by atoms with Crippen molar-refractivity contribution in [1.82, 2.24) is 0 Å². The molecule has 4 aromatic rings. The van der Waals surface area contributed by atoms with Gasteiger partial charge in [0.15, 0.2) is 5.70 Å². The molecule has 0 aliphatic heterocycles. The summed E-state index contributed by atoms with van der Waals surface area (Å²) in [6.07, 6.45) is 0. The number of para-hydroxylation sites is 1. The fraction of sp³-hybridized carbons (Fsp3) is 0. The Morgan fingerprint density at radius 2 is 1.16 bits per heavy atom. The first-order chi connectivity index (χ1) is 15.2. The quantitative estimate of drug-likeness (QED) is 0.332. The molecule has 0 spiro atoms. The highest BCUT2D eigenvalue weighted by Gasteiger charge is 2.23. The lowest BCUT2D eigenvalue weighted by atomic mass is 10.0. The summed E-state index contributed by atoms with van der Waals surface area (Å²) in [6.45, 7) is 0. The van der Waals surface area contributed by atoms with Gasteiger partial charge in [-0.2, -0.15) is 0 Å². The number of amides is 1. The first-order valence-electron chi connectivity index (χ1n) is 10.2. The maximum Gasteiger partial charge on any atom is 0.254 e. The van der Waals surface area contributed by atoms with Crippen LogP contribution < -0.4 is 11.1 Å². The Kier molecular flexibility index (Phi) is 4.81. The van der Waals surface area contributed by atoms with Gasteiger partial charge < -0.3 is 5.73 Å². The highest BCUT2D eigenvalue weighted by molar-refractivity contribution is 6.02.